The lowest BCUT2D eigenvalue weighted by atomic mass is 9.91. The average molecular weight is 548 g/mol. The van der Waals surface area contributed by atoms with Crippen LogP contribution < -0.4 is 0 Å². The summed E-state index contributed by atoms with van der Waals surface area (Å²) >= 11 is 0. The van der Waals surface area contributed by atoms with E-state index in [0.717, 1.165) is 37.1 Å². The summed E-state index contributed by atoms with van der Waals surface area (Å²) < 4.78 is 126. The largest absolute Gasteiger partial charge is 0.417 e. The molecule has 0 saturated heterocycles. The number of carbonyl (C=O) groups excluding carboxylic acids is 1. The highest BCUT2D eigenvalue weighted by Gasteiger charge is 2.43. The van der Waals surface area contributed by atoms with Crippen molar-refractivity contribution in [2.24, 2.45) is 0 Å². The minimum atomic E-state index is -5.05. The number of nitrogens with zero attached hydrogens (tertiary/aromatic N) is 2. The third-order valence-corrected chi connectivity index (χ3v) is 5.84. The highest BCUT2D eigenvalue weighted by molar-refractivity contribution is 5.94. The molecule has 1 aliphatic carbocycles. The van der Waals surface area contributed by atoms with Crippen molar-refractivity contribution in [3.8, 4) is 11.4 Å². The molecule has 1 heterocycles. The number of ketones is 1. The van der Waals surface area contributed by atoms with Gasteiger partial charge in [-0.15, -0.1) is 0 Å². The van der Waals surface area contributed by atoms with Gasteiger partial charge in [-0.05, 0) is 48.2 Å². The van der Waals surface area contributed by atoms with E-state index in [0.29, 0.717) is 24.3 Å². The first-order valence-corrected chi connectivity index (χ1v) is 11.1. The van der Waals surface area contributed by atoms with Gasteiger partial charge in [-0.3, -0.25) is 4.79 Å². The van der Waals surface area contributed by atoms with Crippen molar-refractivity contribution >= 4 is 11.9 Å². The average Bonchev–Trinajstić information content (AvgIpc) is 3.56. The zero-order valence-corrected chi connectivity index (χ0v) is 19.1. The van der Waals surface area contributed by atoms with E-state index in [-0.39, 0.29) is 28.8 Å². The number of benzene rings is 2. The molecule has 0 aliphatic heterocycles. The van der Waals surface area contributed by atoms with E-state index in [2.05, 4.69) is 10.1 Å². The number of aromatic nitrogens is 2. The standard InChI is InChI=1S/C25H17F9N2O2/c26-23(27,28)16-3-1-2-15(11-16)19(24(29,30)31)12-17(37)8-4-13-5-9-18(20(10-13)25(32,33)34)21-35-22(38-36-21)14-6-7-14/h1-5,8-11,14,19H,6-7,12H2/b8-4+. The van der Waals surface area contributed by atoms with Crippen molar-refractivity contribution in [2.45, 2.75) is 49.6 Å². The second-order valence-corrected chi connectivity index (χ2v) is 8.75. The molecular weight excluding hydrogens is 531 g/mol. The van der Waals surface area contributed by atoms with Crippen LogP contribution in [0, 0.1) is 0 Å². The SMILES string of the molecule is O=C(/C=C/c1ccc(-c2noc(C3CC3)n2)c(C(F)(F)F)c1)CC(c1cccc(C(F)(F)F)c1)C(F)(F)F. The predicted octanol–water partition coefficient (Wildman–Crippen LogP) is 7.97. The Morgan fingerprint density at radius 2 is 1.68 bits per heavy atom. The predicted molar refractivity (Wildman–Crippen MR) is 116 cm³/mol. The van der Waals surface area contributed by atoms with E-state index in [9.17, 15) is 44.3 Å². The molecule has 4 nitrogen and oxygen atoms in total. The molecule has 1 atom stereocenters. The van der Waals surface area contributed by atoms with Crippen molar-refractivity contribution in [2.75, 3.05) is 0 Å². The monoisotopic (exact) mass is 548 g/mol. The first kappa shape index (κ1) is 27.4. The second kappa shape index (κ2) is 9.91. The zero-order chi connectivity index (χ0) is 27.9. The maximum atomic E-state index is 13.7. The van der Waals surface area contributed by atoms with Gasteiger partial charge in [-0.1, -0.05) is 35.5 Å². The van der Waals surface area contributed by atoms with E-state index < -0.39 is 53.3 Å². The lowest BCUT2D eigenvalue weighted by Crippen LogP contribution is -2.23. The summed E-state index contributed by atoms with van der Waals surface area (Å²) in [6.07, 6.45) is -12.9. The quantitative estimate of drug-likeness (QED) is 0.222. The normalized spacial score (nSPS) is 15.7. The Labute approximate surface area is 209 Å². The van der Waals surface area contributed by atoms with Crippen LogP contribution in [0.1, 0.15) is 59.2 Å². The van der Waals surface area contributed by atoms with Crippen molar-refractivity contribution in [3.05, 3.63) is 76.7 Å². The highest BCUT2D eigenvalue weighted by Crippen LogP contribution is 2.42. The van der Waals surface area contributed by atoms with Crippen molar-refractivity contribution < 1.29 is 48.8 Å². The van der Waals surface area contributed by atoms with E-state index >= 15 is 0 Å². The Hall–Kier alpha value is -3.64. The number of hydrogen-bond acceptors (Lipinski definition) is 4. The van der Waals surface area contributed by atoms with Crippen LogP contribution in [0.15, 0.2) is 53.1 Å². The molecule has 4 rings (SSSR count). The fourth-order valence-corrected chi connectivity index (χ4v) is 3.75. The van der Waals surface area contributed by atoms with Crippen LogP contribution in [-0.2, 0) is 17.1 Å². The molecule has 0 spiro atoms. The molecule has 1 fully saturated rings. The Morgan fingerprint density at radius 3 is 2.29 bits per heavy atom. The number of alkyl halides is 9. The third kappa shape index (κ3) is 6.43. The number of halogens is 9. The molecule has 0 N–H and O–H groups in total. The highest BCUT2D eigenvalue weighted by atomic mass is 19.4. The molecule has 38 heavy (non-hydrogen) atoms. The van der Waals surface area contributed by atoms with Crippen LogP contribution in [0.25, 0.3) is 17.5 Å². The van der Waals surface area contributed by atoms with Gasteiger partial charge in [0.15, 0.2) is 5.78 Å². The summed E-state index contributed by atoms with van der Waals surface area (Å²) in [4.78, 5) is 16.3. The molecular formula is C25H17F9N2O2. The van der Waals surface area contributed by atoms with Gasteiger partial charge in [0.1, 0.15) is 0 Å². The zero-order valence-electron chi connectivity index (χ0n) is 19.1. The topological polar surface area (TPSA) is 56.0 Å². The second-order valence-electron chi connectivity index (χ2n) is 8.75. The number of allylic oxidation sites excluding steroid dienone is 1. The van der Waals surface area contributed by atoms with Crippen LogP contribution in [0.2, 0.25) is 0 Å². The van der Waals surface area contributed by atoms with Crippen LogP contribution in [0.3, 0.4) is 0 Å². The number of rotatable bonds is 7. The van der Waals surface area contributed by atoms with Crippen LogP contribution in [0.4, 0.5) is 39.5 Å². The summed E-state index contributed by atoms with van der Waals surface area (Å²) in [6.45, 7) is 0. The summed E-state index contributed by atoms with van der Waals surface area (Å²) in [5.74, 6) is -3.73. The molecule has 0 bridgehead atoms. The van der Waals surface area contributed by atoms with Crippen molar-refractivity contribution in [1.29, 1.82) is 0 Å². The smallest absolute Gasteiger partial charge is 0.339 e. The molecule has 1 aliphatic rings. The van der Waals surface area contributed by atoms with E-state index in [1.807, 2.05) is 0 Å². The first-order chi connectivity index (χ1) is 17.6. The maximum Gasteiger partial charge on any atom is 0.417 e. The van der Waals surface area contributed by atoms with Gasteiger partial charge in [0.2, 0.25) is 11.7 Å². The fourth-order valence-electron chi connectivity index (χ4n) is 3.75. The Morgan fingerprint density at radius 1 is 0.974 bits per heavy atom. The lowest BCUT2D eigenvalue weighted by Gasteiger charge is -2.20. The van der Waals surface area contributed by atoms with E-state index in [1.165, 1.54) is 6.07 Å². The Kier molecular flexibility index (Phi) is 7.15. The Bertz CT molecular complexity index is 1350. The third-order valence-electron chi connectivity index (χ3n) is 5.84. The van der Waals surface area contributed by atoms with Gasteiger partial charge < -0.3 is 4.52 Å². The lowest BCUT2D eigenvalue weighted by molar-refractivity contribution is -0.156. The van der Waals surface area contributed by atoms with Crippen molar-refractivity contribution in [3.63, 3.8) is 0 Å². The molecule has 202 valence electrons. The van der Waals surface area contributed by atoms with Gasteiger partial charge in [0.05, 0.1) is 17.0 Å². The van der Waals surface area contributed by atoms with Gasteiger partial charge in [0, 0.05) is 17.9 Å². The summed E-state index contributed by atoms with van der Waals surface area (Å²) in [7, 11) is 0. The minimum absolute atomic E-state index is 0.00951. The summed E-state index contributed by atoms with van der Waals surface area (Å²) in [6, 6.07) is 5.46. The first-order valence-electron chi connectivity index (χ1n) is 11.1. The molecule has 0 amide bonds. The van der Waals surface area contributed by atoms with Crippen molar-refractivity contribution in [1.82, 2.24) is 10.1 Å². The molecule has 0 radical (unpaired) electrons. The van der Waals surface area contributed by atoms with Gasteiger partial charge in [-0.25, -0.2) is 0 Å². The van der Waals surface area contributed by atoms with E-state index in [1.54, 1.807) is 0 Å². The molecule has 1 saturated carbocycles. The van der Waals surface area contributed by atoms with Gasteiger partial charge in [-0.2, -0.15) is 44.5 Å². The fraction of sp³-hybridized carbons (Fsp3) is 0.320. The summed E-state index contributed by atoms with van der Waals surface area (Å²) in [5.41, 5.74) is -3.74. The molecule has 1 unspecified atom stereocenters. The van der Waals surface area contributed by atoms with Gasteiger partial charge >= 0.3 is 18.5 Å². The van der Waals surface area contributed by atoms with Crippen LogP contribution in [0.5, 0.6) is 0 Å². The molecule has 3 aromatic rings. The molecule has 2 aromatic carbocycles. The summed E-state index contributed by atoms with van der Waals surface area (Å²) in [5, 5.41) is 3.60. The number of hydrogen-bond donors (Lipinski definition) is 0. The van der Waals surface area contributed by atoms with Crippen LogP contribution >= 0.6 is 0 Å². The minimum Gasteiger partial charge on any atom is -0.339 e. The maximum absolute atomic E-state index is 13.7. The van der Waals surface area contributed by atoms with Gasteiger partial charge in [0.25, 0.3) is 0 Å². The van der Waals surface area contributed by atoms with Crippen LogP contribution in [-0.4, -0.2) is 22.1 Å². The molecule has 13 heteroatoms. The van der Waals surface area contributed by atoms with E-state index in [4.69, 9.17) is 4.52 Å². The Balaban J connectivity index is 1.56. The molecule has 1 aromatic heterocycles. The number of carbonyl (C=O) groups is 1.